The smallest absolute Gasteiger partial charge is 0.310 e. The summed E-state index contributed by atoms with van der Waals surface area (Å²) in [6, 6.07) is 1.72. The Labute approximate surface area is 103 Å². The summed E-state index contributed by atoms with van der Waals surface area (Å²) in [4.78, 5) is 23.3. The molecule has 2 atom stereocenters. The van der Waals surface area contributed by atoms with E-state index in [9.17, 15) is 9.59 Å². The monoisotopic (exact) mass is 251 g/mol. The summed E-state index contributed by atoms with van der Waals surface area (Å²) in [6.07, 6.45) is 3.82. The van der Waals surface area contributed by atoms with Crippen molar-refractivity contribution in [1.29, 1.82) is 0 Å². The molecule has 1 aromatic heterocycles. The van der Waals surface area contributed by atoms with Crippen LogP contribution in [0.2, 0.25) is 0 Å². The van der Waals surface area contributed by atoms with E-state index in [2.05, 4.69) is 5.32 Å². The SMILES string of the molecule is Cc1ccsc1C(=O)NC1C=CC(C(=O)O)C1. The number of carboxylic acids is 1. The molecule has 0 aliphatic heterocycles. The Morgan fingerprint density at radius 3 is 2.76 bits per heavy atom. The van der Waals surface area contributed by atoms with Crippen molar-refractivity contribution in [2.24, 2.45) is 5.92 Å². The van der Waals surface area contributed by atoms with Crippen molar-refractivity contribution in [3.63, 3.8) is 0 Å². The first-order valence-corrected chi connectivity index (χ1v) is 6.22. The first-order chi connectivity index (χ1) is 8.08. The van der Waals surface area contributed by atoms with E-state index < -0.39 is 11.9 Å². The molecule has 2 N–H and O–H groups in total. The number of hydrogen-bond acceptors (Lipinski definition) is 3. The lowest BCUT2D eigenvalue weighted by molar-refractivity contribution is -0.140. The van der Waals surface area contributed by atoms with Crippen LogP contribution in [-0.4, -0.2) is 23.0 Å². The van der Waals surface area contributed by atoms with Crippen molar-refractivity contribution in [3.05, 3.63) is 34.0 Å². The fourth-order valence-corrected chi connectivity index (χ4v) is 2.66. The largest absolute Gasteiger partial charge is 0.481 e. The molecule has 0 radical (unpaired) electrons. The third-order valence-corrected chi connectivity index (χ3v) is 3.80. The second-order valence-corrected chi connectivity index (χ2v) is 4.99. The minimum Gasteiger partial charge on any atom is -0.481 e. The van der Waals surface area contributed by atoms with E-state index in [1.807, 2.05) is 18.4 Å². The molecule has 1 aliphatic rings. The average molecular weight is 251 g/mol. The molecule has 90 valence electrons. The Balaban J connectivity index is 1.96. The molecule has 2 rings (SSSR count). The Morgan fingerprint density at radius 2 is 2.24 bits per heavy atom. The van der Waals surface area contributed by atoms with E-state index in [1.54, 1.807) is 12.2 Å². The predicted molar refractivity (Wildman–Crippen MR) is 65.2 cm³/mol. The summed E-state index contributed by atoms with van der Waals surface area (Å²) >= 11 is 1.40. The Kier molecular flexibility index (Phi) is 3.28. The van der Waals surface area contributed by atoms with E-state index in [4.69, 9.17) is 5.11 Å². The molecule has 0 saturated carbocycles. The van der Waals surface area contributed by atoms with Crippen LogP contribution in [0.25, 0.3) is 0 Å². The molecule has 0 fully saturated rings. The molecule has 4 nitrogen and oxygen atoms in total. The van der Waals surface area contributed by atoms with Crippen LogP contribution in [0.4, 0.5) is 0 Å². The van der Waals surface area contributed by atoms with Crippen molar-refractivity contribution in [1.82, 2.24) is 5.32 Å². The average Bonchev–Trinajstić information content (AvgIpc) is 2.86. The highest BCUT2D eigenvalue weighted by atomic mass is 32.1. The van der Waals surface area contributed by atoms with Gasteiger partial charge in [-0.15, -0.1) is 11.3 Å². The maximum absolute atomic E-state index is 11.9. The number of carbonyl (C=O) groups excluding carboxylic acids is 1. The van der Waals surface area contributed by atoms with Gasteiger partial charge in [-0.05, 0) is 30.4 Å². The highest BCUT2D eigenvalue weighted by molar-refractivity contribution is 7.12. The zero-order chi connectivity index (χ0) is 12.4. The maximum atomic E-state index is 11.9. The quantitative estimate of drug-likeness (QED) is 0.805. The first kappa shape index (κ1) is 11.9. The van der Waals surface area contributed by atoms with Crippen LogP contribution in [0.5, 0.6) is 0 Å². The van der Waals surface area contributed by atoms with Crippen molar-refractivity contribution in [2.75, 3.05) is 0 Å². The first-order valence-electron chi connectivity index (χ1n) is 5.34. The maximum Gasteiger partial charge on any atom is 0.310 e. The van der Waals surface area contributed by atoms with Crippen molar-refractivity contribution >= 4 is 23.2 Å². The van der Waals surface area contributed by atoms with Gasteiger partial charge in [-0.1, -0.05) is 12.2 Å². The van der Waals surface area contributed by atoms with Gasteiger partial charge in [0, 0.05) is 6.04 Å². The van der Waals surface area contributed by atoms with Gasteiger partial charge in [-0.2, -0.15) is 0 Å². The molecular weight excluding hydrogens is 238 g/mol. The van der Waals surface area contributed by atoms with Crippen LogP contribution in [0.3, 0.4) is 0 Å². The third-order valence-electron chi connectivity index (χ3n) is 2.79. The van der Waals surface area contributed by atoms with Gasteiger partial charge in [0.2, 0.25) is 0 Å². The van der Waals surface area contributed by atoms with Crippen LogP contribution in [0, 0.1) is 12.8 Å². The van der Waals surface area contributed by atoms with Gasteiger partial charge in [0.05, 0.1) is 10.8 Å². The minimum absolute atomic E-state index is 0.127. The highest BCUT2D eigenvalue weighted by Crippen LogP contribution is 2.20. The van der Waals surface area contributed by atoms with Crippen LogP contribution < -0.4 is 5.32 Å². The van der Waals surface area contributed by atoms with Crippen molar-refractivity contribution in [2.45, 2.75) is 19.4 Å². The lowest BCUT2D eigenvalue weighted by Crippen LogP contribution is -2.33. The molecule has 1 aromatic rings. The van der Waals surface area contributed by atoms with Crippen LogP contribution in [0.15, 0.2) is 23.6 Å². The second-order valence-electron chi connectivity index (χ2n) is 4.08. The van der Waals surface area contributed by atoms with Gasteiger partial charge in [-0.3, -0.25) is 9.59 Å². The van der Waals surface area contributed by atoms with E-state index >= 15 is 0 Å². The van der Waals surface area contributed by atoms with Crippen molar-refractivity contribution < 1.29 is 14.7 Å². The highest BCUT2D eigenvalue weighted by Gasteiger charge is 2.26. The Morgan fingerprint density at radius 1 is 1.47 bits per heavy atom. The van der Waals surface area contributed by atoms with E-state index in [0.29, 0.717) is 11.3 Å². The van der Waals surface area contributed by atoms with E-state index in [-0.39, 0.29) is 11.9 Å². The lowest BCUT2D eigenvalue weighted by atomic mass is 10.1. The number of carboxylic acid groups (broad SMARTS) is 1. The normalized spacial score (nSPS) is 22.6. The number of thiophene rings is 1. The van der Waals surface area contributed by atoms with Crippen molar-refractivity contribution in [3.8, 4) is 0 Å². The van der Waals surface area contributed by atoms with Gasteiger partial charge < -0.3 is 10.4 Å². The van der Waals surface area contributed by atoms with Gasteiger partial charge in [0.25, 0.3) is 5.91 Å². The van der Waals surface area contributed by atoms with Crippen LogP contribution >= 0.6 is 11.3 Å². The third kappa shape index (κ3) is 2.55. The van der Waals surface area contributed by atoms with Gasteiger partial charge in [0.1, 0.15) is 0 Å². The number of amides is 1. The molecule has 0 saturated heterocycles. The van der Waals surface area contributed by atoms with E-state index in [0.717, 1.165) is 5.56 Å². The van der Waals surface area contributed by atoms with E-state index in [1.165, 1.54) is 11.3 Å². The van der Waals surface area contributed by atoms with Gasteiger partial charge >= 0.3 is 5.97 Å². The molecule has 0 bridgehead atoms. The standard InChI is InChI=1S/C12H13NO3S/c1-7-4-5-17-10(7)11(14)13-9-3-2-8(6-9)12(15)16/h2-5,8-9H,6H2,1H3,(H,13,14)(H,15,16). The van der Waals surface area contributed by atoms with Gasteiger partial charge in [0.15, 0.2) is 0 Å². The van der Waals surface area contributed by atoms with Crippen LogP contribution in [0.1, 0.15) is 21.7 Å². The molecule has 1 heterocycles. The minimum atomic E-state index is -0.842. The fourth-order valence-electron chi connectivity index (χ4n) is 1.83. The summed E-state index contributed by atoms with van der Waals surface area (Å²) in [5, 5.41) is 13.5. The molecule has 5 heteroatoms. The number of rotatable bonds is 3. The fraction of sp³-hybridized carbons (Fsp3) is 0.333. The Hall–Kier alpha value is -1.62. The summed E-state index contributed by atoms with van der Waals surface area (Å²) < 4.78 is 0. The van der Waals surface area contributed by atoms with Gasteiger partial charge in [-0.25, -0.2) is 0 Å². The summed E-state index contributed by atoms with van der Waals surface area (Å²) in [6.45, 7) is 1.88. The van der Waals surface area contributed by atoms with Crippen LogP contribution in [-0.2, 0) is 4.79 Å². The Bertz CT molecular complexity index is 478. The molecule has 17 heavy (non-hydrogen) atoms. The topological polar surface area (TPSA) is 66.4 Å². The molecular formula is C12H13NO3S. The summed E-state index contributed by atoms with van der Waals surface area (Å²) in [5.41, 5.74) is 0.948. The molecule has 1 aliphatic carbocycles. The molecule has 0 spiro atoms. The molecule has 0 aromatic carbocycles. The predicted octanol–water partition coefficient (Wildman–Crippen LogP) is 1.82. The zero-order valence-electron chi connectivity index (χ0n) is 9.34. The zero-order valence-corrected chi connectivity index (χ0v) is 10.2. The number of hydrogen-bond donors (Lipinski definition) is 2. The summed E-state index contributed by atoms with van der Waals surface area (Å²) in [7, 11) is 0. The lowest BCUT2D eigenvalue weighted by Gasteiger charge is -2.11. The number of nitrogens with one attached hydrogen (secondary N) is 1. The molecule has 1 amide bonds. The number of aliphatic carboxylic acids is 1. The second kappa shape index (κ2) is 4.71. The number of aryl methyl sites for hydroxylation is 1. The summed E-state index contributed by atoms with van der Waals surface area (Å²) in [5.74, 6) is -1.45. The number of carbonyl (C=O) groups is 2. The molecule has 2 unspecified atom stereocenters.